The minimum Gasteiger partial charge on any atom is -0.481 e. The van der Waals surface area contributed by atoms with Crippen LogP contribution in [0, 0.1) is 0 Å². The Morgan fingerprint density at radius 2 is 1.72 bits per heavy atom. The van der Waals surface area contributed by atoms with E-state index >= 15 is 0 Å². The molecule has 0 aliphatic carbocycles. The highest BCUT2D eigenvalue weighted by atomic mass is 16.5. The van der Waals surface area contributed by atoms with Gasteiger partial charge in [-0.2, -0.15) is 0 Å². The van der Waals surface area contributed by atoms with Gasteiger partial charge in [-0.1, -0.05) is 0 Å². The first kappa shape index (κ1) is 17.9. The molecule has 0 radical (unpaired) electrons. The van der Waals surface area contributed by atoms with Crippen molar-refractivity contribution in [3.63, 3.8) is 0 Å². The lowest BCUT2D eigenvalue weighted by Gasteiger charge is -2.08. The lowest BCUT2D eigenvalue weighted by atomic mass is 10.2. The Morgan fingerprint density at radius 1 is 1.00 bits per heavy atom. The smallest absolute Gasteiger partial charge is 0.313 e. The summed E-state index contributed by atoms with van der Waals surface area (Å²) in [5.41, 5.74) is 0.831. The molecule has 3 amide bonds. The van der Waals surface area contributed by atoms with Crippen LogP contribution in [-0.2, 0) is 9.59 Å². The van der Waals surface area contributed by atoms with Crippen LogP contribution in [0.15, 0.2) is 42.9 Å². The maximum Gasteiger partial charge on any atom is 0.313 e. The molecule has 2 heterocycles. The van der Waals surface area contributed by atoms with E-state index in [0.717, 1.165) is 0 Å². The summed E-state index contributed by atoms with van der Waals surface area (Å²) in [4.78, 5) is 42.9. The number of amides is 3. The molecule has 2 rings (SSSR count). The molecule has 2 aromatic rings. The number of hydrogen-bond donors (Lipinski definition) is 3. The summed E-state index contributed by atoms with van der Waals surface area (Å²) in [5.74, 6) is -1.53. The molecule has 25 heavy (non-hydrogen) atoms. The minimum atomic E-state index is -0.826. The van der Waals surface area contributed by atoms with Gasteiger partial charge in [-0.3, -0.25) is 19.4 Å². The number of rotatable bonds is 6. The molecule has 2 aromatic heterocycles. The third kappa shape index (κ3) is 5.57. The summed E-state index contributed by atoms with van der Waals surface area (Å²) in [7, 11) is 1.47. The molecule has 9 nitrogen and oxygen atoms in total. The molecule has 0 saturated heterocycles. The average Bonchev–Trinajstić information content (AvgIpc) is 2.66. The van der Waals surface area contributed by atoms with Gasteiger partial charge in [-0.05, 0) is 18.2 Å². The van der Waals surface area contributed by atoms with Gasteiger partial charge < -0.3 is 20.7 Å². The second-order valence-corrected chi connectivity index (χ2v) is 4.79. The zero-order valence-corrected chi connectivity index (χ0v) is 13.5. The van der Waals surface area contributed by atoms with Crippen molar-refractivity contribution in [3.05, 3.63) is 48.4 Å². The third-order valence-corrected chi connectivity index (χ3v) is 3.05. The minimum absolute atomic E-state index is 0.115. The zero-order valence-electron chi connectivity index (χ0n) is 13.5. The maximum absolute atomic E-state index is 11.8. The van der Waals surface area contributed by atoms with Crippen LogP contribution >= 0.6 is 0 Å². The van der Waals surface area contributed by atoms with Crippen molar-refractivity contribution in [2.45, 2.75) is 0 Å². The number of anilines is 1. The van der Waals surface area contributed by atoms with Gasteiger partial charge >= 0.3 is 11.8 Å². The van der Waals surface area contributed by atoms with Crippen molar-refractivity contribution < 1.29 is 19.1 Å². The number of ether oxygens (including phenoxy) is 1. The SMILES string of the molecule is COc1ccc(NC(=O)C(=O)NCCNC(=O)c2ccncc2)cn1. The van der Waals surface area contributed by atoms with E-state index in [9.17, 15) is 14.4 Å². The Morgan fingerprint density at radius 3 is 2.36 bits per heavy atom. The Bertz CT molecular complexity index is 734. The van der Waals surface area contributed by atoms with Crippen molar-refractivity contribution in [1.82, 2.24) is 20.6 Å². The number of hydrogen-bond acceptors (Lipinski definition) is 6. The Hall–Kier alpha value is -3.49. The fraction of sp³-hybridized carbons (Fsp3) is 0.188. The van der Waals surface area contributed by atoms with Crippen LogP contribution < -0.4 is 20.7 Å². The highest BCUT2D eigenvalue weighted by Gasteiger charge is 2.13. The number of carbonyl (C=O) groups excluding carboxylic acids is 3. The number of nitrogens with zero attached hydrogens (tertiary/aromatic N) is 2. The molecule has 0 aliphatic heterocycles. The van der Waals surface area contributed by atoms with Crippen LogP contribution in [0.4, 0.5) is 5.69 Å². The molecule has 3 N–H and O–H groups in total. The highest BCUT2D eigenvalue weighted by molar-refractivity contribution is 6.39. The van der Waals surface area contributed by atoms with Crippen molar-refractivity contribution in [1.29, 1.82) is 0 Å². The molecule has 0 atom stereocenters. The molecule has 0 fully saturated rings. The van der Waals surface area contributed by atoms with Gasteiger partial charge in [0.1, 0.15) is 0 Å². The molecule has 0 saturated carbocycles. The normalized spacial score (nSPS) is 9.80. The van der Waals surface area contributed by atoms with E-state index in [0.29, 0.717) is 17.1 Å². The van der Waals surface area contributed by atoms with Crippen molar-refractivity contribution >= 4 is 23.4 Å². The van der Waals surface area contributed by atoms with E-state index in [4.69, 9.17) is 4.74 Å². The molecule has 0 aromatic carbocycles. The average molecular weight is 343 g/mol. The van der Waals surface area contributed by atoms with Crippen LogP contribution in [0.3, 0.4) is 0 Å². The largest absolute Gasteiger partial charge is 0.481 e. The quantitative estimate of drug-likeness (QED) is 0.500. The highest BCUT2D eigenvalue weighted by Crippen LogP contribution is 2.10. The van der Waals surface area contributed by atoms with Crippen LogP contribution in [0.25, 0.3) is 0 Å². The zero-order chi connectivity index (χ0) is 18.1. The van der Waals surface area contributed by atoms with Gasteiger partial charge in [0.25, 0.3) is 5.91 Å². The Kier molecular flexibility index (Phi) is 6.40. The number of nitrogens with one attached hydrogen (secondary N) is 3. The van der Waals surface area contributed by atoms with E-state index in [1.54, 1.807) is 24.3 Å². The molecular weight excluding hydrogens is 326 g/mol. The van der Waals surface area contributed by atoms with E-state index in [1.807, 2.05) is 0 Å². The summed E-state index contributed by atoms with van der Waals surface area (Å²) in [5, 5.41) is 7.43. The standard InChI is InChI=1S/C16H17N5O4/c1-25-13-3-2-12(10-20-13)21-16(24)15(23)19-9-8-18-14(22)11-4-6-17-7-5-11/h2-7,10H,8-9H2,1H3,(H,18,22)(H,19,23)(H,21,24). The van der Waals surface area contributed by atoms with Crippen molar-refractivity contribution in [2.75, 3.05) is 25.5 Å². The van der Waals surface area contributed by atoms with E-state index in [1.165, 1.54) is 25.7 Å². The van der Waals surface area contributed by atoms with Gasteiger partial charge in [-0.25, -0.2) is 4.98 Å². The van der Waals surface area contributed by atoms with Gasteiger partial charge in [0, 0.05) is 37.1 Å². The first-order valence-electron chi connectivity index (χ1n) is 7.37. The first-order valence-corrected chi connectivity index (χ1v) is 7.37. The van der Waals surface area contributed by atoms with Crippen LogP contribution in [0.5, 0.6) is 5.88 Å². The summed E-state index contributed by atoms with van der Waals surface area (Å²) >= 11 is 0. The molecule has 0 unspecified atom stereocenters. The fourth-order valence-electron chi connectivity index (χ4n) is 1.80. The van der Waals surface area contributed by atoms with Crippen molar-refractivity contribution in [2.24, 2.45) is 0 Å². The van der Waals surface area contributed by atoms with E-state index in [-0.39, 0.29) is 19.0 Å². The Balaban J connectivity index is 1.70. The summed E-state index contributed by atoms with van der Waals surface area (Å²) in [6.45, 7) is 0.300. The van der Waals surface area contributed by atoms with E-state index < -0.39 is 11.8 Å². The molecular formula is C16H17N5O4. The summed E-state index contributed by atoms with van der Waals surface area (Å²) < 4.78 is 4.90. The number of pyridine rings is 2. The second-order valence-electron chi connectivity index (χ2n) is 4.79. The van der Waals surface area contributed by atoms with Gasteiger partial charge in [-0.15, -0.1) is 0 Å². The van der Waals surface area contributed by atoms with Gasteiger partial charge in [0.15, 0.2) is 0 Å². The van der Waals surface area contributed by atoms with Gasteiger partial charge in [0.2, 0.25) is 5.88 Å². The molecule has 130 valence electrons. The molecule has 0 aliphatic rings. The Labute approximate surface area is 143 Å². The lowest BCUT2D eigenvalue weighted by molar-refractivity contribution is -0.136. The predicted molar refractivity (Wildman–Crippen MR) is 89.0 cm³/mol. The second kappa shape index (κ2) is 8.96. The fourth-order valence-corrected chi connectivity index (χ4v) is 1.80. The van der Waals surface area contributed by atoms with Crippen LogP contribution in [-0.4, -0.2) is 47.9 Å². The maximum atomic E-state index is 11.8. The van der Waals surface area contributed by atoms with Crippen LogP contribution in [0.1, 0.15) is 10.4 Å². The van der Waals surface area contributed by atoms with Gasteiger partial charge in [0.05, 0.1) is 19.0 Å². The predicted octanol–water partition coefficient (Wildman–Crippen LogP) is -0.0301. The summed E-state index contributed by atoms with van der Waals surface area (Å²) in [6.07, 6.45) is 4.39. The van der Waals surface area contributed by atoms with Crippen molar-refractivity contribution in [3.8, 4) is 5.88 Å². The lowest BCUT2D eigenvalue weighted by Crippen LogP contribution is -2.40. The number of aromatic nitrogens is 2. The first-order chi connectivity index (χ1) is 12.1. The third-order valence-electron chi connectivity index (χ3n) is 3.05. The molecule has 9 heteroatoms. The molecule has 0 spiro atoms. The number of methoxy groups -OCH3 is 1. The number of carbonyl (C=O) groups is 3. The van der Waals surface area contributed by atoms with Crippen LogP contribution in [0.2, 0.25) is 0 Å². The monoisotopic (exact) mass is 343 g/mol. The van der Waals surface area contributed by atoms with E-state index in [2.05, 4.69) is 25.9 Å². The summed E-state index contributed by atoms with van der Waals surface area (Å²) in [6, 6.07) is 6.27. The molecule has 0 bridgehead atoms. The topological polar surface area (TPSA) is 122 Å².